The predicted octanol–water partition coefficient (Wildman–Crippen LogP) is 7.51. The van der Waals surface area contributed by atoms with E-state index in [4.69, 9.17) is 14.5 Å². The Balaban J connectivity index is 1.09. The molecule has 2 fully saturated rings. The minimum atomic E-state index is -0.676. The topological polar surface area (TPSA) is 129 Å². The first-order valence-electron chi connectivity index (χ1n) is 17.7. The van der Waals surface area contributed by atoms with Crippen LogP contribution in [0.3, 0.4) is 0 Å². The molecule has 3 amide bonds. The van der Waals surface area contributed by atoms with Crippen molar-refractivity contribution in [2.45, 2.75) is 90.4 Å². The number of rotatable bonds is 8. The molecule has 3 atom stereocenters. The lowest BCUT2D eigenvalue weighted by Crippen LogP contribution is -2.53. The molecule has 0 aliphatic carbocycles. The fourth-order valence-corrected chi connectivity index (χ4v) is 7.11. The largest absolute Gasteiger partial charge is 0.453 e. The van der Waals surface area contributed by atoms with E-state index in [1.807, 2.05) is 76.1 Å². The first-order chi connectivity index (χ1) is 24.3. The molecule has 0 saturated carbocycles. The average Bonchev–Trinajstić information content (AvgIpc) is 3.92. The summed E-state index contributed by atoms with van der Waals surface area (Å²) in [4.78, 5) is 54.3. The number of methoxy groups -OCH3 is 1. The molecule has 51 heavy (non-hydrogen) atoms. The van der Waals surface area contributed by atoms with Crippen molar-refractivity contribution in [2.24, 2.45) is 10.9 Å². The van der Waals surface area contributed by atoms with Gasteiger partial charge in [-0.25, -0.2) is 19.0 Å². The number of H-pyrrole nitrogens is 1. The van der Waals surface area contributed by atoms with Crippen molar-refractivity contribution in [1.29, 1.82) is 0 Å². The second kappa shape index (κ2) is 14.7. The standard InChI is InChI=1S/C39H47FN6O5/c1-23(2)34(44-37(48)50-6)36(47)45-17-7-9-32(45)30-20-27(21-41-30)25-13-11-24(12-14-25)26-15-16-28(29(40)19-26)31-22-42-35(43-31)33-10-8-18-46(33)38(49)51-39(3,4)5/h11-16,19,21-23,32-34H,7-10,17-18,20H2,1-6H3,(H,42,43)(H,44,48)/t32-,33-,34-/m0/s1. The third-order valence-electron chi connectivity index (χ3n) is 9.71. The van der Waals surface area contributed by atoms with Gasteiger partial charge in [0.25, 0.3) is 0 Å². The number of likely N-dealkylation sites (tertiary alicyclic amines) is 2. The second-order valence-corrected chi connectivity index (χ2v) is 14.8. The van der Waals surface area contributed by atoms with Crippen molar-refractivity contribution in [3.63, 3.8) is 0 Å². The fraction of sp³-hybridized carbons (Fsp3) is 0.462. The Morgan fingerprint density at radius 2 is 1.63 bits per heavy atom. The molecule has 3 aliphatic rings. The van der Waals surface area contributed by atoms with E-state index in [1.165, 1.54) is 13.2 Å². The summed E-state index contributed by atoms with van der Waals surface area (Å²) in [6, 6.07) is 12.1. The van der Waals surface area contributed by atoms with Gasteiger partial charge in [0.05, 0.1) is 31.1 Å². The van der Waals surface area contributed by atoms with Crippen molar-refractivity contribution in [2.75, 3.05) is 20.2 Å². The summed E-state index contributed by atoms with van der Waals surface area (Å²) in [6.45, 7) is 10.5. The maximum absolute atomic E-state index is 15.6. The van der Waals surface area contributed by atoms with E-state index in [2.05, 4.69) is 15.3 Å². The number of nitrogens with one attached hydrogen (secondary N) is 2. The van der Waals surface area contributed by atoms with Gasteiger partial charge in [0, 0.05) is 37.0 Å². The molecule has 270 valence electrons. The molecule has 12 heteroatoms. The van der Waals surface area contributed by atoms with Gasteiger partial charge in [-0.3, -0.25) is 14.7 Å². The molecule has 2 saturated heterocycles. The highest BCUT2D eigenvalue weighted by molar-refractivity contribution is 6.03. The van der Waals surface area contributed by atoms with Crippen LogP contribution in [0, 0.1) is 11.7 Å². The van der Waals surface area contributed by atoms with Crippen molar-refractivity contribution in [1.82, 2.24) is 25.1 Å². The van der Waals surface area contributed by atoms with Crippen molar-refractivity contribution in [3.8, 4) is 22.4 Å². The molecular formula is C39H47FN6O5. The summed E-state index contributed by atoms with van der Waals surface area (Å²) >= 11 is 0. The number of allylic oxidation sites excluding steroid dienone is 1. The summed E-state index contributed by atoms with van der Waals surface area (Å²) in [5.41, 5.74) is 4.96. The zero-order valence-corrected chi connectivity index (χ0v) is 30.2. The number of alkyl carbamates (subject to hydrolysis) is 1. The molecule has 0 bridgehead atoms. The maximum atomic E-state index is 15.6. The smallest absolute Gasteiger partial charge is 0.410 e. The van der Waals surface area contributed by atoms with Crippen LogP contribution < -0.4 is 5.32 Å². The summed E-state index contributed by atoms with van der Waals surface area (Å²) in [5.74, 6) is 0.0152. The normalized spacial score (nSPS) is 19.6. The molecule has 3 aliphatic heterocycles. The molecule has 3 aromatic rings. The van der Waals surface area contributed by atoms with Gasteiger partial charge in [0.1, 0.15) is 23.3 Å². The maximum Gasteiger partial charge on any atom is 0.410 e. The molecule has 1 aromatic heterocycles. The van der Waals surface area contributed by atoms with Gasteiger partial charge in [-0.2, -0.15) is 0 Å². The summed E-state index contributed by atoms with van der Waals surface area (Å²) < 4.78 is 25.9. The van der Waals surface area contributed by atoms with Crippen LogP contribution in [0.2, 0.25) is 0 Å². The number of aromatic amines is 1. The summed E-state index contributed by atoms with van der Waals surface area (Å²) in [6.07, 6.45) is 6.38. The zero-order valence-electron chi connectivity index (χ0n) is 30.2. The molecule has 0 unspecified atom stereocenters. The zero-order chi connectivity index (χ0) is 36.4. The Labute approximate surface area is 298 Å². The van der Waals surface area contributed by atoms with E-state index >= 15 is 4.39 Å². The van der Waals surface area contributed by atoms with Crippen LogP contribution in [0.5, 0.6) is 0 Å². The molecule has 2 N–H and O–H groups in total. The number of nitrogens with zero attached hydrogens (tertiary/aromatic N) is 4. The van der Waals surface area contributed by atoms with E-state index in [0.29, 0.717) is 36.6 Å². The van der Waals surface area contributed by atoms with Crippen LogP contribution in [0.15, 0.2) is 59.9 Å². The summed E-state index contributed by atoms with van der Waals surface area (Å²) in [7, 11) is 1.29. The summed E-state index contributed by atoms with van der Waals surface area (Å²) in [5, 5.41) is 2.70. The van der Waals surface area contributed by atoms with Gasteiger partial charge < -0.3 is 24.7 Å². The van der Waals surface area contributed by atoms with Crippen LogP contribution in [0.4, 0.5) is 14.0 Å². The first-order valence-corrected chi connectivity index (χ1v) is 17.7. The number of amides is 3. The molecule has 6 rings (SSSR count). The van der Waals surface area contributed by atoms with E-state index in [9.17, 15) is 14.4 Å². The van der Waals surface area contributed by atoms with Crippen LogP contribution in [-0.4, -0.2) is 81.5 Å². The molecule has 0 radical (unpaired) electrons. The van der Waals surface area contributed by atoms with Crippen LogP contribution >= 0.6 is 0 Å². The highest BCUT2D eigenvalue weighted by Crippen LogP contribution is 2.35. The van der Waals surface area contributed by atoms with Gasteiger partial charge in [0.2, 0.25) is 5.91 Å². The van der Waals surface area contributed by atoms with E-state index in [-0.39, 0.29) is 35.8 Å². The number of ether oxygens (including phenoxy) is 2. The van der Waals surface area contributed by atoms with Gasteiger partial charge in [0.15, 0.2) is 0 Å². The van der Waals surface area contributed by atoms with E-state index in [0.717, 1.165) is 53.7 Å². The molecule has 2 aromatic carbocycles. The lowest BCUT2D eigenvalue weighted by molar-refractivity contribution is -0.134. The number of carbonyl (C=O) groups is 3. The average molecular weight is 699 g/mol. The first kappa shape index (κ1) is 35.8. The van der Waals surface area contributed by atoms with Crippen molar-refractivity contribution >= 4 is 29.4 Å². The Kier molecular flexibility index (Phi) is 10.3. The molecular weight excluding hydrogens is 651 g/mol. The Hall–Kier alpha value is -5.00. The van der Waals surface area contributed by atoms with E-state index < -0.39 is 17.7 Å². The highest BCUT2D eigenvalue weighted by atomic mass is 19.1. The van der Waals surface area contributed by atoms with Gasteiger partial charge >= 0.3 is 12.2 Å². The monoisotopic (exact) mass is 698 g/mol. The van der Waals surface area contributed by atoms with Gasteiger partial charge in [-0.1, -0.05) is 44.2 Å². The van der Waals surface area contributed by atoms with Crippen LogP contribution in [0.1, 0.15) is 84.2 Å². The minimum Gasteiger partial charge on any atom is -0.453 e. The number of halogens is 1. The number of carbonyl (C=O) groups excluding carboxylic acids is 3. The molecule has 11 nitrogen and oxygen atoms in total. The fourth-order valence-electron chi connectivity index (χ4n) is 7.11. The Morgan fingerprint density at radius 1 is 0.961 bits per heavy atom. The number of aliphatic imine (C=N–C) groups is 1. The lowest BCUT2D eigenvalue weighted by atomic mass is 9.95. The van der Waals surface area contributed by atoms with Crippen molar-refractivity contribution in [3.05, 3.63) is 72.1 Å². The van der Waals surface area contributed by atoms with Crippen molar-refractivity contribution < 1.29 is 28.2 Å². The molecule has 4 heterocycles. The van der Waals surface area contributed by atoms with Gasteiger partial charge in [-0.15, -0.1) is 0 Å². The SMILES string of the molecule is COC(=O)N[C@H](C(=O)N1CCC[C@H]1C1=NC=C(c2ccc(-c3ccc(-c4cnc([C@@H]5CCCN5C(=O)OC(C)(C)C)[nH]4)c(F)c3)cc2)C1)C(C)C. The number of imidazole rings is 1. The third-order valence-corrected chi connectivity index (χ3v) is 9.71. The predicted molar refractivity (Wildman–Crippen MR) is 193 cm³/mol. The van der Waals surface area contributed by atoms with Crippen LogP contribution in [-0.2, 0) is 14.3 Å². The van der Waals surface area contributed by atoms with Crippen LogP contribution in [0.25, 0.3) is 28.0 Å². The van der Waals surface area contributed by atoms with E-state index in [1.54, 1.807) is 17.2 Å². The Morgan fingerprint density at radius 3 is 2.29 bits per heavy atom. The number of hydrogen-bond acceptors (Lipinski definition) is 7. The quantitative estimate of drug-likeness (QED) is 0.251. The third kappa shape index (κ3) is 7.84. The highest BCUT2D eigenvalue weighted by Gasteiger charge is 2.39. The lowest BCUT2D eigenvalue weighted by Gasteiger charge is -2.31. The second-order valence-electron chi connectivity index (χ2n) is 14.8. The number of benzene rings is 2. The number of hydrogen-bond donors (Lipinski definition) is 2. The molecule has 0 spiro atoms. The Bertz CT molecular complexity index is 1840. The number of aromatic nitrogens is 2. The minimum absolute atomic E-state index is 0.0982. The van der Waals surface area contributed by atoms with Gasteiger partial charge in [-0.05, 0) is 86.8 Å².